The monoisotopic (exact) mass is 261 g/mol. The molecule has 0 spiro atoms. The first-order valence-electron chi connectivity index (χ1n) is 7.71. The van der Waals surface area contributed by atoms with Crippen molar-refractivity contribution in [1.29, 1.82) is 0 Å². The van der Waals surface area contributed by atoms with Crippen molar-refractivity contribution in [3.05, 3.63) is 24.3 Å². The maximum absolute atomic E-state index is 5.88. The van der Waals surface area contributed by atoms with Crippen LogP contribution in [0.15, 0.2) is 24.3 Å². The highest BCUT2D eigenvalue weighted by Gasteiger charge is 2.21. The fraction of sp³-hybridized carbons (Fsp3) is 0.647. The van der Waals surface area contributed by atoms with Crippen LogP contribution in [0.1, 0.15) is 52.9 Å². The predicted molar refractivity (Wildman–Crippen MR) is 81.9 cm³/mol. The summed E-state index contributed by atoms with van der Waals surface area (Å²) in [6.07, 6.45) is 6.86. The van der Waals surface area contributed by atoms with Gasteiger partial charge in [-0.2, -0.15) is 0 Å². The molecule has 0 aromatic heterocycles. The Kier molecular flexibility index (Phi) is 5.12. The average Bonchev–Trinajstić information content (AvgIpc) is 2.41. The van der Waals surface area contributed by atoms with Gasteiger partial charge in [0.25, 0.3) is 0 Å². The van der Waals surface area contributed by atoms with Gasteiger partial charge in [0.05, 0.1) is 11.8 Å². The topological polar surface area (TPSA) is 21.3 Å². The molecule has 2 unspecified atom stereocenters. The summed E-state index contributed by atoms with van der Waals surface area (Å²) >= 11 is 0. The van der Waals surface area contributed by atoms with E-state index in [1.54, 1.807) is 0 Å². The van der Waals surface area contributed by atoms with E-state index < -0.39 is 0 Å². The van der Waals surface area contributed by atoms with Crippen LogP contribution < -0.4 is 10.1 Å². The fourth-order valence-electron chi connectivity index (χ4n) is 2.96. The highest BCUT2D eigenvalue weighted by atomic mass is 16.5. The Morgan fingerprint density at radius 3 is 2.79 bits per heavy atom. The Morgan fingerprint density at radius 2 is 2.05 bits per heavy atom. The molecular formula is C17H27NO. The number of hydrogen-bond donors (Lipinski definition) is 1. The summed E-state index contributed by atoms with van der Waals surface area (Å²) in [7, 11) is 0. The van der Waals surface area contributed by atoms with Crippen molar-refractivity contribution in [2.75, 3.05) is 5.32 Å². The number of ether oxygens (including phenoxy) is 1. The van der Waals surface area contributed by atoms with E-state index in [0.717, 1.165) is 17.4 Å². The summed E-state index contributed by atoms with van der Waals surface area (Å²) in [6, 6.07) is 8.92. The van der Waals surface area contributed by atoms with E-state index in [2.05, 4.69) is 44.3 Å². The van der Waals surface area contributed by atoms with Crippen LogP contribution in [0.25, 0.3) is 0 Å². The van der Waals surface area contributed by atoms with Gasteiger partial charge in [0.15, 0.2) is 0 Å². The lowest BCUT2D eigenvalue weighted by Gasteiger charge is -2.30. The van der Waals surface area contributed by atoms with Crippen molar-refractivity contribution >= 4 is 5.69 Å². The fourth-order valence-corrected chi connectivity index (χ4v) is 2.96. The molecule has 1 fully saturated rings. The molecule has 0 radical (unpaired) electrons. The molecule has 1 aliphatic rings. The largest absolute Gasteiger partial charge is 0.489 e. The summed E-state index contributed by atoms with van der Waals surface area (Å²) in [5, 5.41) is 3.69. The van der Waals surface area contributed by atoms with Crippen molar-refractivity contribution in [2.24, 2.45) is 5.92 Å². The molecule has 1 saturated carbocycles. The molecule has 1 aromatic carbocycles. The van der Waals surface area contributed by atoms with E-state index in [9.17, 15) is 0 Å². The first-order valence-corrected chi connectivity index (χ1v) is 7.71. The minimum absolute atomic E-state index is 0.220. The van der Waals surface area contributed by atoms with Crippen LogP contribution in [-0.4, -0.2) is 12.1 Å². The van der Waals surface area contributed by atoms with Gasteiger partial charge in [0, 0.05) is 6.04 Å². The number of nitrogens with one attached hydrogen (secondary N) is 1. The Labute approximate surface area is 117 Å². The molecule has 19 heavy (non-hydrogen) atoms. The van der Waals surface area contributed by atoms with Crippen molar-refractivity contribution in [3.8, 4) is 5.75 Å². The molecule has 1 aliphatic carbocycles. The summed E-state index contributed by atoms with van der Waals surface area (Å²) in [5.74, 6) is 1.88. The quantitative estimate of drug-likeness (QED) is 0.817. The molecule has 0 aliphatic heterocycles. The van der Waals surface area contributed by atoms with E-state index in [1.165, 1.54) is 32.1 Å². The molecule has 0 heterocycles. The molecule has 0 bridgehead atoms. The second-order valence-electron chi connectivity index (χ2n) is 5.94. The number of benzene rings is 1. The molecule has 2 atom stereocenters. The molecule has 0 amide bonds. The summed E-state index contributed by atoms with van der Waals surface area (Å²) in [4.78, 5) is 0. The molecule has 1 N–H and O–H groups in total. The molecule has 2 nitrogen and oxygen atoms in total. The summed E-state index contributed by atoms with van der Waals surface area (Å²) < 4.78 is 5.88. The van der Waals surface area contributed by atoms with Crippen molar-refractivity contribution in [2.45, 2.75) is 65.0 Å². The maximum Gasteiger partial charge on any atom is 0.142 e. The lowest BCUT2D eigenvalue weighted by Crippen LogP contribution is -2.27. The predicted octanol–water partition coefficient (Wildman–Crippen LogP) is 4.85. The zero-order valence-electron chi connectivity index (χ0n) is 12.5. The van der Waals surface area contributed by atoms with Gasteiger partial charge in [-0.3, -0.25) is 0 Å². The number of para-hydroxylation sites is 2. The summed E-state index contributed by atoms with van der Waals surface area (Å²) in [6.45, 7) is 6.46. The van der Waals surface area contributed by atoms with Gasteiger partial charge in [-0.05, 0) is 44.7 Å². The van der Waals surface area contributed by atoms with E-state index >= 15 is 0 Å². The Hall–Kier alpha value is -1.18. The number of anilines is 1. The molecular weight excluding hydrogens is 234 g/mol. The third kappa shape index (κ3) is 4.15. The number of rotatable bonds is 5. The van der Waals surface area contributed by atoms with E-state index in [4.69, 9.17) is 4.74 Å². The Bertz CT molecular complexity index is 389. The molecule has 1 aromatic rings. The van der Waals surface area contributed by atoms with Crippen LogP contribution in [0.3, 0.4) is 0 Å². The normalized spacial score (nSPS) is 23.4. The smallest absolute Gasteiger partial charge is 0.142 e. The van der Waals surface area contributed by atoms with E-state index in [-0.39, 0.29) is 6.10 Å². The zero-order valence-corrected chi connectivity index (χ0v) is 12.5. The molecule has 2 rings (SSSR count). The van der Waals surface area contributed by atoms with Gasteiger partial charge in [-0.1, -0.05) is 38.3 Å². The van der Waals surface area contributed by atoms with Crippen LogP contribution in [0, 0.1) is 5.92 Å². The van der Waals surface area contributed by atoms with Crippen LogP contribution in [-0.2, 0) is 0 Å². The third-order valence-corrected chi connectivity index (χ3v) is 3.97. The SMILES string of the molecule is CCC1CCCC(Nc2ccccc2OC(C)C)C1. The highest BCUT2D eigenvalue weighted by Crippen LogP contribution is 2.32. The first kappa shape index (κ1) is 14.2. The number of hydrogen-bond acceptors (Lipinski definition) is 2. The van der Waals surface area contributed by atoms with Gasteiger partial charge in [0.2, 0.25) is 0 Å². The van der Waals surface area contributed by atoms with Gasteiger partial charge >= 0.3 is 0 Å². The highest BCUT2D eigenvalue weighted by molar-refractivity contribution is 5.56. The average molecular weight is 261 g/mol. The van der Waals surface area contributed by atoms with Gasteiger partial charge < -0.3 is 10.1 Å². The maximum atomic E-state index is 5.88. The molecule has 106 valence electrons. The van der Waals surface area contributed by atoms with Crippen molar-refractivity contribution in [3.63, 3.8) is 0 Å². The van der Waals surface area contributed by atoms with E-state index in [0.29, 0.717) is 6.04 Å². The van der Waals surface area contributed by atoms with Gasteiger partial charge in [0.1, 0.15) is 5.75 Å². The third-order valence-electron chi connectivity index (χ3n) is 3.97. The van der Waals surface area contributed by atoms with E-state index in [1.807, 2.05) is 6.07 Å². The van der Waals surface area contributed by atoms with Crippen molar-refractivity contribution < 1.29 is 4.74 Å². The minimum Gasteiger partial charge on any atom is -0.489 e. The van der Waals surface area contributed by atoms with Crippen LogP contribution >= 0.6 is 0 Å². The van der Waals surface area contributed by atoms with Gasteiger partial charge in [-0.15, -0.1) is 0 Å². The second kappa shape index (κ2) is 6.83. The van der Waals surface area contributed by atoms with Crippen molar-refractivity contribution in [1.82, 2.24) is 0 Å². The zero-order chi connectivity index (χ0) is 13.7. The molecule has 2 heteroatoms. The second-order valence-corrected chi connectivity index (χ2v) is 5.94. The molecule has 0 saturated heterocycles. The minimum atomic E-state index is 0.220. The lowest BCUT2D eigenvalue weighted by molar-refractivity contribution is 0.243. The Morgan fingerprint density at radius 1 is 1.26 bits per heavy atom. The van der Waals surface area contributed by atoms with Gasteiger partial charge in [-0.25, -0.2) is 0 Å². The summed E-state index contributed by atoms with van der Waals surface area (Å²) in [5.41, 5.74) is 1.15. The van der Waals surface area contributed by atoms with Crippen LogP contribution in [0.2, 0.25) is 0 Å². The standard InChI is InChI=1S/C17H27NO/c1-4-14-8-7-9-15(12-14)18-16-10-5-6-11-17(16)19-13(2)3/h5-6,10-11,13-15,18H,4,7-9,12H2,1-3H3. The Balaban J connectivity index is 2.01. The lowest BCUT2D eigenvalue weighted by atomic mass is 9.84. The first-order chi connectivity index (χ1) is 9.19. The van der Waals surface area contributed by atoms with Crippen LogP contribution in [0.5, 0.6) is 5.75 Å². The van der Waals surface area contributed by atoms with Crippen LogP contribution in [0.4, 0.5) is 5.69 Å².